The SMILES string of the molecule is C1CC1.CN.NC(=O)/C1=C(\O)CC2CC3Cc4c(-c5cccc(C(=O)NCCN6CCOCC6)c5)ccc(O)c4C(=O)C3=C(CC1)O2. The summed E-state index contributed by atoms with van der Waals surface area (Å²) in [6, 6.07) is 10.6. The smallest absolute Gasteiger partial charge is 0.251 e. The van der Waals surface area contributed by atoms with Crippen molar-refractivity contribution >= 4 is 17.6 Å². The van der Waals surface area contributed by atoms with Crippen molar-refractivity contribution in [3.8, 4) is 16.9 Å². The van der Waals surface area contributed by atoms with Crippen LogP contribution in [0.4, 0.5) is 0 Å². The number of aliphatic hydroxyl groups excluding tert-OH is 1. The lowest BCUT2D eigenvalue weighted by molar-refractivity contribution is -0.115. The number of benzene rings is 2. The number of Topliss-reactive ketones (excluding diaryl/α,β-unsaturated/α-hetero) is 1. The zero-order chi connectivity index (χ0) is 33.5. The minimum atomic E-state index is -0.676. The molecule has 1 saturated heterocycles. The molecule has 7 N–H and O–H groups in total. The highest BCUT2D eigenvalue weighted by Gasteiger charge is 2.42. The maximum atomic E-state index is 13.9. The summed E-state index contributed by atoms with van der Waals surface area (Å²) < 4.78 is 11.5. The second kappa shape index (κ2) is 15.6. The molecule has 2 aromatic rings. The number of ketones is 1. The number of primary amides is 1. The van der Waals surface area contributed by atoms with Crippen LogP contribution in [0.3, 0.4) is 0 Å². The number of fused-ring (bicyclic) bond motifs is 4. The number of phenolic OH excluding ortho intramolecular Hbond substituents is 1. The second-order valence-electron chi connectivity index (χ2n) is 12.4. The van der Waals surface area contributed by atoms with Crippen LogP contribution >= 0.6 is 0 Å². The fraction of sp³-hybridized carbons (Fsp3) is 0.472. The third kappa shape index (κ3) is 8.04. The molecule has 11 nitrogen and oxygen atoms in total. The Morgan fingerprint density at radius 2 is 1.77 bits per heavy atom. The third-order valence-electron chi connectivity index (χ3n) is 9.05. The molecule has 5 aliphatic rings. The molecule has 1 saturated carbocycles. The van der Waals surface area contributed by atoms with Gasteiger partial charge >= 0.3 is 0 Å². The predicted molar refractivity (Wildman–Crippen MR) is 178 cm³/mol. The second-order valence-corrected chi connectivity index (χ2v) is 12.4. The molecule has 3 aliphatic heterocycles. The van der Waals surface area contributed by atoms with Gasteiger partial charge in [0.2, 0.25) is 5.91 Å². The summed E-state index contributed by atoms with van der Waals surface area (Å²) >= 11 is 0. The monoisotopic (exact) mass is 646 g/mol. The molecule has 2 bridgehead atoms. The highest BCUT2D eigenvalue weighted by molar-refractivity contribution is 6.14. The highest BCUT2D eigenvalue weighted by Crippen LogP contribution is 2.47. The van der Waals surface area contributed by atoms with E-state index in [1.54, 1.807) is 12.1 Å². The van der Waals surface area contributed by atoms with Gasteiger partial charge in [-0.05, 0) is 67.1 Å². The number of phenols is 1. The summed E-state index contributed by atoms with van der Waals surface area (Å²) in [5, 5.41) is 24.4. The summed E-state index contributed by atoms with van der Waals surface area (Å²) in [5.41, 5.74) is 13.7. The van der Waals surface area contributed by atoms with Gasteiger partial charge in [0.1, 0.15) is 23.4 Å². The van der Waals surface area contributed by atoms with Crippen molar-refractivity contribution in [2.75, 3.05) is 46.4 Å². The van der Waals surface area contributed by atoms with E-state index < -0.39 is 12.0 Å². The lowest BCUT2D eigenvalue weighted by Gasteiger charge is -2.38. The number of nitrogens with zero attached hydrogens (tertiary/aromatic N) is 1. The number of ether oxygens (including phenoxy) is 2. The van der Waals surface area contributed by atoms with Crippen molar-refractivity contribution in [1.82, 2.24) is 10.2 Å². The minimum absolute atomic E-state index is 0.0593. The van der Waals surface area contributed by atoms with Gasteiger partial charge in [0.25, 0.3) is 5.91 Å². The first-order chi connectivity index (χ1) is 22.8. The molecule has 11 heteroatoms. The number of nitrogens with two attached hydrogens (primary N) is 2. The van der Waals surface area contributed by atoms with Gasteiger partial charge in [-0.1, -0.05) is 37.5 Å². The Labute approximate surface area is 275 Å². The Kier molecular flexibility index (Phi) is 11.3. The van der Waals surface area contributed by atoms with E-state index in [0.717, 1.165) is 36.3 Å². The van der Waals surface area contributed by atoms with Gasteiger partial charge in [0, 0.05) is 50.2 Å². The van der Waals surface area contributed by atoms with E-state index in [-0.39, 0.29) is 59.5 Å². The molecule has 2 atom stereocenters. The quantitative estimate of drug-likeness (QED) is 0.313. The van der Waals surface area contributed by atoms with Crippen molar-refractivity contribution in [2.24, 2.45) is 17.4 Å². The summed E-state index contributed by atoms with van der Waals surface area (Å²) in [6.45, 7) is 4.41. The first-order valence-corrected chi connectivity index (χ1v) is 16.6. The van der Waals surface area contributed by atoms with Gasteiger partial charge in [-0.3, -0.25) is 19.3 Å². The zero-order valence-electron chi connectivity index (χ0n) is 27.1. The average molecular weight is 647 g/mol. The third-order valence-corrected chi connectivity index (χ3v) is 9.05. The summed E-state index contributed by atoms with van der Waals surface area (Å²) in [5.74, 6) is -0.978. The fourth-order valence-electron chi connectivity index (χ4n) is 6.61. The Morgan fingerprint density at radius 1 is 1.02 bits per heavy atom. The van der Waals surface area contributed by atoms with Crippen LogP contribution in [0.1, 0.15) is 71.2 Å². The van der Waals surface area contributed by atoms with Crippen LogP contribution in [0.15, 0.2) is 59.1 Å². The number of hydrogen-bond acceptors (Lipinski definition) is 9. The van der Waals surface area contributed by atoms with E-state index in [0.29, 0.717) is 49.5 Å². The molecule has 2 fully saturated rings. The summed E-state index contributed by atoms with van der Waals surface area (Å²) in [4.78, 5) is 41.1. The summed E-state index contributed by atoms with van der Waals surface area (Å²) in [6.07, 6.45) is 5.64. The lowest BCUT2D eigenvalue weighted by atomic mass is 9.71. The van der Waals surface area contributed by atoms with Crippen LogP contribution in [0, 0.1) is 5.92 Å². The number of aromatic hydroxyl groups is 1. The maximum absolute atomic E-state index is 13.9. The largest absolute Gasteiger partial charge is 0.512 e. The topological polar surface area (TPSA) is 177 Å². The number of carbonyl (C=O) groups is 3. The van der Waals surface area contributed by atoms with Gasteiger partial charge in [0.05, 0.1) is 24.4 Å². The molecule has 2 unspecified atom stereocenters. The van der Waals surface area contributed by atoms with Crippen LogP contribution in [-0.2, 0) is 20.7 Å². The number of rotatable bonds is 6. The molecule has 47 heavy (non-hydrogen) atoms. The Hall–Kier alpha value is -4.19. The van der Waals surface area contributed by atoms with Gasteiger partial charge < -0.3 is 36.5 Å². The maximum Gasteiger partial charge on any atom is 0.251 e. The standard InChI is InChI=1S/C32H35N3O7.C3H6.CH5N/c33-31(39)23-5-7-27-28-20(15-21(42-27)17-26(23)37)16-24-22(4-6-25(36)29(24)30(28)38)18-2-1-3-19(14-18)32(40)34-8-9-35-10-12-41-13-11-35;1-2-3-1;1-2/h1-4,6,14,20-21,36-37H,5,7-13,15-17H2,(H2,33,39)(H,34,40);1-3H2;2H2,1H3/b26-23-;;. The molecule has 0 aromatic heterocycles. The average Bonchev–Trinajstić information content (AvgIpc) is 3.96. The number of morpholine rings is 1. The normalized spacial score (nSPS) is 23.2. The van der Waals surface area contributed by atoms with Crippen LogP contribution in [0.2, 0.25) is 0 Å². The van der Waals surface area contributed by atoms with Crippen molar-refractivity contribution in [3.63, 3.8) is 0 Å². The highest BCUT2D eigenvalue weighted by atomic mass is 16.5. The van der Waals surface area contributed by atoms with Gasteiger partial charge in [-0.2, -0.15) is 0 Å². The van der Waals surface area contributed by atoms with E-state index in [1.807, 2.05) is 18.2 Å². The Morgan fingerprint density at radius 3 is 2.47 bits per heavy atom. The van der Waals surface area contributed by atoms with E-state index >= 15 is 0 Å². The van der Waals surface area contributed by atoms with Gasteiger partial charge in [0.15, 0.2) is 5.78 Å². The number of amides is 2. The van der Waals surface area contributed by atoms with E-state index in [4.69, 9.17) is 15.2 Å². The van der Waals surface area contributed by atoms with Crippen molar-refractivity contribution in [1.29, 1.82) is 0 Å². The van der Waals surface area contributed by atoms with Crippen LogP contribution in [-0.4, -0.2) is 85.3 Å². The van der Waals surface area contributed by atoms with Crippen LogP contribution in [0.25, 0.3) is 11.1 Å². The van der Waals surface area contributed by atoms with E-state index in [1.165, 1.54) is 32.4 Å². The molecule has 252 valence electrons. The minimum Gasteiger partial charge on any atom is -0.512 e. The number of hydrogen-bond donors (Lipinski definition) is 5. The molecule has 0 radical (unpaired) electrons. The van der Waals surface area contributed by atoms with E-state index in [9.17, 15) is 24.6 Å². The number of carbonyl (C=O) groups excluding carboxylic acids is 3. The van der Waals surface area contributed by atoms with Gasteiger partial charge in [-0.15, -0.1) is 0 Å². The van der Waals surface area contributed by atoms with E-state index in [2.05, 4.69) is 16.0 Å². The fourth-order valence-corrected chi connectivity index (χ4v) is 6.61. The van der Waals surface area contributed by atoms with Gasteiger partial charge in [-0.25, -0.2) is 0 Å². The molecular formula is C36H46N4O7. The molecule has 2 amide bonds. The predicted octanol–water partition coefficient (Wildman–Crippen LogP) is 3.75. The number of nitrogens with one attached hydrogen (secondary N) is 1. The summed E-state index contributed by atoms with van der Waals surface area (Å²) in [7, 11) is 1.50. The van der Waals surface area contributed by atoms with Crippen molar-refractivity contribution in [2.45, 2.75) is 57.5 Å². The molecule has 7 rings (SSSR count). The molecule has 0 spiro atoms. The number of allylic oxidation sites excluding steroid dienone is 2. The molecule has 2 aliphatic carbocycles. The number of aliphatic hydroxyl groups is 1. The van der Waals surface area contributed by atoms with Crippen LogP contribution in [0.5, 0.6) is 5.75 Å². The molecule has 3 heterocycles. The van der Waals surface area contributed by atoms with Crippen molar-refractivity contribution < 1.29 is 34.1 Å². The Bertz CT molecular complexity index is 1560. The first kappa shape index (κ1) is 34.2. The first-order valence-electron chi connectivity index (χ1n) is 16.6. The molecule has 2 aromatic carbocycles. The zero-order valence-corrected chi connectivity index (χ0v) is 27.1. The Balaban J connectivity index is 0.000000807. The van der Waals surface area contributed by atoms with Crippen molar-refractivity contribution in [3.05, 3.63) is 75.8 Å². The van der Waals surface area contributed by atoms with Crippen LogP contribution < -0.4 is 16.8 Å². The lowest BCUT2D eigenvalue weighted by Crippen LogP contribution is -2.41. The molecular weight excluding hydrogens is 600 g/mol.